The highest BCUT2D eigenvalue weighted by atomic mass is 16.3. The predicted octanol–water partition coefficient (Wildman–Crippen LogP) is 2.41. The Morgan fingerprint density at radius 3 is 2.00 bits per heavy atom. The molecule has 46 valence electrons. The molecule has 0 aromatic rings. The van der Waals surface area contributed by atoms with E-state index < -0.39 is 0 Å². The molecular formula is C7H12O. The van der Waals surface area contributed by atoms with Gasteiger partial charge < -0.3 is 5.11 Å². The maximum atomic E-state index is 8.67. The fraction of sp³-hybridized carbons (Fsp3) is 0.429. The van der Waals surface area contributed by atoms with E-state index in [1.807, 2.05) is 19.9 Å². The number of aliphatic hydroxyl groups excluding tert-OH is 1. The Hall–Kier alpha value is -0.720. The number of aliphatic hydroxyl groups is 1. The average molecular weight is 112 g/mol. The quantitative estimate of drug-likeness (QED) is 0.408. The van der Waals surface area contributed by atoms with Crippen molar-refractivity contribution in [2.45, 2.75) is 20.8 Å². The smallest absolute Gasteiger partial charge is 0.0894 e. The summed E-state index contributed by atoms with van der Waals surface area (Å²) in [4.78, 5) is 0. The Labute approximate surface area is 50.3 Å². The van der Waals surface area contributed by atoms with Crippen molar-refractivity contribution in [2.75, 3.05) is 0 Å². The second-order valence-corrected chi connectivity index (χ2v) is 1.82. The fourth-order valence-corrected chi connectivity index (χ4v) is 0.413. The molecule has 0 spiro atoms. The van der Waals surface area contributed by atoms with Crippen LogP contribution in [0.25, 0.3) is 0 Å². The highest BCUT2D eigenvalue weighted by molar-refractivity contribution is 5.16. The van der Waals surface area contributed by atoms with E-state index in [0.29, 0.717) is 5.76 Å². The molecule has 0 amide bonds. The van der Waals surface area contributed by atoms with E-state index in [9.17, 15) is 0 Å². The number of hydrogen-bond donors (Lipinski definition) is 1. The van der Waals surface area contributed by atoms with Gasteiger partial charge in [-0.15, -0.1) is 0 Å². The van der Waals surface area contributed by atoms with E-state index in [-0.39, 0.29) is 0 Å². The molecule has 0 saturated carbocycles. The molecule has 0 aliphatic rings. The van der Waals surface area contributed by atoms with Gasteiger partial charge in [0, 0.05) is 0 Å². The van der Waals surface area contributed by atoms with E-state index in [1.54, 1.807) is 13.0 Å². The lowest BCUT2D eigenvalue weighted by Gasteiger charge is -1.88. The van der Waals surface area contributed by atoms with Gasteiger partial charge in [0.25, 0.3) is 0 Å². The van der Waals surface area contributed by atoms with Crippen molar-refractivity contribution in [1.82, 2.24) is 0 Å². The molecule has 0 saturated heterocycles. The van der Waals surface area contributed by atoms with Gasteiger partial charge in [-0.1, -0.05) is 11.6 Å². The SMILES string of the molecule is C/C=C(C)\C=C(\C)O. The Morgan fingerprint density at radius 1 is 1.38 bits per heavy atom. The highest BCUT2D eigenvalue weighted by Crippen LogP contribution is 1.96. The van der Waals surface area contributed by atoms with Crippen molar-refractivity contribution in [3.63, 3.8) is 0 Å². The molecule has 1 nitrogen and oxygen atoms in total. The number of hydrogen-bond acceptors (Lipinski definition) is 1. The summed E-state index contributed by atoms with van der Waals surface area (Å²) in [5, 5.41) is 8.67. The van der Waals surface area contributed by atoms with Gasteiger partial charge in [-0.25, -0.2) is 0 Å². The highest BCUT2D eigenvalue weighted by Gasteiger charge is 1.79. The molecule has 0 bridgehead atoms. The Kier molecular flexibility index (Phi) is 3.01. The normalized spacial score (nSPS) is 14.4. The minimum absolute atomic E-state index is 0.362. The first-order valence-electron chi connectivity index (χ1n) is 2.67. The van der Waals surface area contributed by atoms with Crippen molar-refractivity contribution in [2.24, 2.45) is 0 Å². The van der Waals surface area contributed by atoms with Crippen LogP contribution in [0.3, 0.4) is 0 Å². The molecule has 0 aliphatic carbocycles. The lowest BCUT2D eigenvalue weighted by Crippen LogP contribution is -1.71. The van der Waals surface area contributed by atoms with Gasteiger partial charge >= 0.3 is 0 Å². The first-order chi connectivity index (χ1) is 3.66. The zero-order chi connectivity index (χ0) is 6.57. The molecule has 8 heavy (non-hydrogen) atoms. The Balaban J connectivity index is 3.89. The van der Waals surface area contributed by atoms with Crippen LogP contribution in [0.4, 0.5) is 0 Å². The summed E-state index contributed by atoms with van der Waals surface area (Å²) < 4.78 is 0. The van der Waals surface area contributed by atoms with Crippen molar-refractivity contribution < 1.29 is 5.11 Å². The van der Waals surface area contributed by atoms with Crippen molar-refractivity contribution in [1.29, 1.82) is 0 Å². The number of allylic oxidation sites excluding steroid dienone is 4. The summed E-state index contributed by atoms with van der Waals surface area (Å²) in [6.07, 6.45) is 3.67. The maximum absolute atomic E-state index is 8.67. The zero-order valence-electron chi connectivity index (χ0n) is 5.60. The summed E-state index contributed by atoms with van der Waals surface area (Å²) in [5.41, 5.74) is 1.09. The van der Waals surface area contributed by atoms with Crippen LogP contribution in [0, 0.1) is 0 Å². The molecular weight excluding hydrogens is 100 g/mol. The second kappa shape index (κ2) is 3.30. The third-order valence-electron chi connectivity index (χ3n) is 0.892. The Bertz CT molecular complexity index is 116. The summed E-state index contributed by atoms with van der Waals surface area (Å²) in [5.74, 6) is 0.362. The minimum Gasteiger partial charge on any atom is -0.513 e. The second-order valence-electron chi connectivity index (χ2n) is 1.82. The van der Waals surface area contributed by atoms with Gasteiger partial charge in [-0.2, -0.15) is 0 Å². The van der Waals surface area contributed by atoms with Crippen LogP contribution in [-0.4, -0.2) is 5.11 Å². The van der Waals surface area contributed by atoms with Gasteiger partial charge in [0.15, 0.2) is 0 Å². The first-order valence-corrected chi connectivity index (χ1v) is 2.67. The van der Waals surface area contributed by atoms with Gasteiger partial charge in [0.1, 0.15) is 0 Å². The van der Waals surface area contributed by atoms with Crippen LogP contribution in [0.15, 0.2) is 23.5 Å². The molecule has 0 atom stereocenters. The van der Waals surface area contributed by atoms with E-state index in [1.165, 1.54) is 0 Å². The molecule has 0 heterocycles. The van der Waals surface area contributed by atoms with E-state index in [4.69, 9.17) is 5.11 Å². The third kappa shape index (κ3) is 3.47. The van der Waals surface area contributed by atoms with Gasteiger partial charge in [-0.3, -0.25) is 0 Å². The molecule has 0 aromatic carbocycles. The molecule has 1 N–H and O–H groups in total. The minimum atomic E-state index is 0.362. The third-order valence-corrected chi connectivity index (χ3v) is 0.892. The molecule has 0 radical (unpaired) electrons. The van der Waals surface area contributed by atoms with E-state index >= 15 is 0 Å². The molecule has 0 rings (SSSR count). The molecule has 0 aromatic heterocycles. The monoisotopic (exact) mass is 112 g/mol. The molecule has 0 unspecified atom stereocenters. The van der Waals surface area contributed by atoms with Gasteiger partial charge in [0.05, 0.1) is 5.76 Å². The summed E-state index contributed by atoms with van der Waals surface area (Å²) in [6.45, 7) is 5.54. The topological polar surface area (TPSA) is 20.2 Å². The van der Waals surface area contributed by atoms with Crippen LogP contribution in [0.1, 0.15) is 20.8 Å². The molecule has 0 aliphatic heterocycles. The van der Waals surface area contributed by atoms with Crippen molar-refractivity contribution in [3.8, 4) is 0 Å². The standard InChI is InChI=1S/C7H12O/c1-4-6(2)5-7(3)8/h4-5,8H,1-3H3/b6-4-,7-5-. The molecule has 1 heteroatoms. The fourth-order valence-electron chi connectivity index (χ4n) is 0.413. The van der Waals surface area contributed by atoms with Crippen LogP contribution in [0.2, 0.25) is 0 Å². The van der Waals surface area contributed by atoms with Crippen molar-refractivity contribution in [3.05, 3.63) is 23.5 Å². The summed E-state index contributed by atoms with van der Waals surface area (Å²) in [7, 11) is 0. The van der Waals surface area contributed by atoms with Crippen LogP contribution in [0.5, 0.6) is 0 Å². The predicted molar refractivity (Wildman–Crippen MR) is 35.8 cm³/mol. The Morgan fingerprint density at radius 2 is 1.88 bits per heavy atom. The molecule has 0 fully saturated rings. The van der Waals surface area contributed by atoms with Crippen molar-refractivity contribution >= 4 is 0 Å². The van der Waals surface area contributed by atoms with Crippen LogP contribution in [-0.2, 0) is 0 Å². The van der Waals surface area contributed by atoms with Gasteiger partial charge in [-0.05, 0) is 26.8 Å². The maximum Gasteiger partial charge on any atom is 0.0894 e. The average Bonchev–Trinajstić information content (AvgIpc) is 1.65. The zero-order valence-corrected chi connectivity index (χ0v) is 5.60. The lowest BCUT2D eigenvalue weighted by molar-refractivity contribution is 0.414. The number of rotatable bonds is 1. The summed E-state index contributed by atoms with van der Waals surface area (Å²) >= 11 is 0. The largest absolute Gasteiger partial charge is 0.513 e. The lowest BCUT2D eigenvalue weighted by atomic mass is 10.2. The van der Waals surface area contributed by atoms with E-state index in [0.717, 1.165) is 5.57 Å². The van der Waals surface area contributed by atoms with Gasteiger partial charge in [0.2, 0.25) is 0 Å². The van der Waals surface area contributed by atoms with Crippen LogP contribution >= 0.6 is 0 Å². The van der Waals surface area contributed by atoms with Crippen LogP contribution < -0.4 is 0 Å². The first kappa shape index (κ1) is 7.28. The summed E-state index contributed by atoms with van der Waals surface area (Å²) in [6, 6.07) is 0. The van der Waals surface area contributed by atoms with E-state index in [2.05, 4.69) is 0 Å².